The van der Waals surface area contributed by atoms with Crippen molar-refractivity contribution >= 4 is 23.3 Å². The number of ether oxygens (including phenoxy) is 1. The molecule has 1 amide bonds. The van der Waals surface area contributed by atoms with E-state index in [9.17, 15) is 4.79 Å². The van der Waals surface area contributed by atoms with Crippen LogP contribution in [0.25, 0.3) is 0 Å². The molecule has 1 N–H and O–H groups in total. The number of carbonyl (C=O) groups excluding carboxylic acids is 1. The van der Waals surface area contributed by atoms with Crippen LogP contribution in [0.3, 0.4) is 0 Å². The number of aromatic nitrogens is 4. The molecule has 2 aromatic heterocycles. The summed E-state index contributed by atoms with van der Waals surface area (Å²) < 4.78 is 8.94. The summed E-state index contributed by atoms with van der Waals surface area (Å²) in [7, 11) is 0. The number of aryl methyl sites for hydroxylation is 1. The molecular formula is C22H20ClN5O2. The average Bonchev–Trinajstić information content (AvgIpc) is 3.37. The number of halogens is 1. The Labute approximate surface area is 178 Å². The van der Waals surface area contributed by atoms with Crippen molar-refractivity contribution in [3.8, 4) is 5.75 Å². The number of nitrogens with one attached hydrogen (secondary N) is 1. The van der Waals surface area contributed by atoms with Crippen molar-refractivity contribution in [1.29, 1.82) is 0 Å². The fraction of sp³-hybridized carbons (Fsp3) is 0.136. The first-order valence-electron chi connectivity index (χ1n) is 9.37. The molecule has 0 fully saturated rings. The fourth-order valence-corrected chi connectivity index (χ4v) is 3.05. The topological polar surface area (TPSA) is 74.0 Å². The molecule has 4 rings (SSSR count). The third-order valence-electron chi connectivity index (χ3n) is 4.36. The fourth-order valence-electron chi connectivity index (χ4n) is 2.92. The Morgan fingerprint density at radius 2 is 1.83 bits per heavy atom. The summed E-state index contributed by atoms with van der Waals surface area (Å²) in [6.45, 7) is 2.87. The molecule has 0 atom stereocenters. The summed E-state index contributed by atoms with van der Waals surface area (Å²) in [4.78, 5) is 12.5. The maximum atomic E-state index is 12.5. The Morgan fingerprint density at radius 3 is 2.63 bits per heavy atom. The summed E-state index contributed by atoms with van der Waals surface area (Å²) in [6.07, 6.45) is 3.51. The average molecular weight is 422 g/mol. The van der Waals surface area contributed by atoms with Gasteiger partial charge >= 0.3 is 0 Å². The summed E-state index contributed by atoms with van der Waals surface area (Å²) in [6, 6.07) is 18.7. The summed E-state index contributed by atoms with van der Waals surface area (Å²) in [5.41, 5.74) is 2.63. The van der Waals surface area contributed by atoms with Crippen LogP contribution in [0.2, 0.25) is 5.02 Å². The molecule has 4 aromatic rings. The molecule has 0 radical (unpaired) electrons. The van der Waals surface area contributed by atoms with E-state index in [1.54, 1.807) is 52.0 Å². The van der Waals surface area contributed by atoms with Gasteiger partial charge in [0.15, 0.2) is 18.2 Å². The van der Waals surface area contributed by atoms with Crippen LogP contribution in [-0.2, 0) is 13.3 Å². The van der Waals surface area contributed by atoms with Crippen LogP contribution in [0.15, 0.2) is 73.1 Å². The number of carbonyl (C=O) groups is 1. The highest BCUT2D eigenvalue weighted by Gasteiger charge is 2.12. The Hall–Kier alpha value is -3.58. The molecule has 0 saturated carbocycles. The van der Waals surface area contributed by atoms with Crippen molar-refractivity contribution in [1.82, 2.24) is 19.6 Å². The van der Waals surface area contributed by atoms with E-state index in [1.807, 2.05) is 18.3 Å². The molecule has 152 valence electrons. The zero-order chi connectivity index (χ0) is 20.9. The number of amides is 1. The molecular weight excluding hydrogens is 402 g/mol. The Kier molecular flexibility index (Phi) is 5.81. The lowest BCUT2D eigenvalue weighted by Gasteiger charge is -2.06. The highest BCUT2D eigenvalue weighted by molar-refractivity contribution is 6.30. The van der Waals surface area contributed by atoms with Crippen LogP contribution in [0.4, 0.5) is 5.82 Å². The van der Waals surface area contributed by atoms with Gasteiger partial charge in [0.2, 0.25) is 0 Å². The minimum absolute atomic E-state index is 0.181. The SMILES string of the molecule is Cc1cccc(Cn2ccc(NC(=O)c3ccn(COc4ccc(Cl)cc4)n3)n2)c1. The number of hydrogen-bond acceptors (Lipinski definition) is 4. The molecule has 0 spiro atoms. The molecule has 8 heteroatoms. The van der Waals surface area contributed by atoms with Gasteiger partial charge in [-0.1, -0.05) is 41.4 Å². The third kappa shape index (κ3) is 5.07. The number of rotatable bonds is 7. The second kappa shape index (κ2) is 8.84. The van der Waals surface area contributed by atoms with Crippen LogP contribution in [-0.4, -0.2) is 25.5 Å². The second-order valence-corrected chi connectivity index (χ2v) is 7.25. The number of benzene rings is 2. The van der Waals surface area contributed by atoms with E-state index in [-0.39, 0.29) is 18.3 Å². The van der Waals surface area contributed by atoms with E-state index in [2.05, 4.69) is 34.6 Å². The number of hydrogen-bond donors (Lipinski definition) is 1. The second-order valence-electron chi connectivity index (χ2n) is 6.81. The minimum Gasteiger partial charge on any atom is -0.471 e. The van der Waals surface area contributed by atoms with Gasteiger partial charge in [-0.15, -0.1) is 0 Å². The van der Waals surface area contributed by atoms with Crippen molar-refractivity contribution in [2.24, 2.45) is 0 Å². The normalized spacial score (nSPS) is 10.7. The molecule has 0 aliphatic heterocycles. The first-order chi connectivity index (χ1) is 14.5. The van der Waals surface area contributed by atoms with Gasteiger partial charge in [0.25, 0.3) is 5.91 Å². The van der Waals surface area contributed by atoms with Gasteiger partial charge in [-0.05, 0) is 42.8 Å². The first-order valence-corrected chi connectivity index (χ1v) is 9.75. The smallest absolute Gasteiger partial charge is 0.277 e. The van der Waals surface area contributed by atoms with Gasteiger partial charge in [-0.25, -0.2) is 4.68 Å². The van der Waals surface area contributed by atoms with Crippen LogP contribution >= 0.6 is 11.6 Å². The molecule has 0 aliphatic rings. The van der Waals surface area contributed by atoms with Gasteiger partial charge in [-0.2, -0.15) is 10.2 Å². The Bertz CT molecular complexity index is 1150. The predicted octanol–water partition coefficient (Wildman–Crippen LogP) is 4.38. The van der Waals surface area contributed by atoms with Gasteiger partial charge in [-0.3, -0.25) is 9.48 Å². The predicted molar refractivity (Wildman–Crippen MR) is 115 cm³/mol. The summed E-state index contributed by atoms with van der Waals surface area (Å²) >= 11 is 5.86. The van der Waals surface area contributed by atoms with Crippen molar-refractivity contribution in [3.63, 3.8) is 0 Å². The molecule has 0 bridgehead atoms. The van der Waals surface area contributed by atoms with Crippen LogP contribution < -0.4 is 10.1 Å². The highest BCUT2D eigenvalue weighted by atomic mass is 35.5. The van der Waals surface area contributed by atoms with Crippen LogP contribution in [0.5, 0.6) is 5.75 Å². The Balaban J connectivity index is 1.33. The van der Waals surface area contributed by atoms with Gasteiger partial charge in [0.05, 0.1) is 6.54 Å². The third-order valence-corrected chi connectivity index (χ3v) is 4.61. The van der Waals surface area contributed by atoms with Gasteiger partial charge < -0.3 is 10.1 Å². The van der Waals surface area contributed by atoms with Crippen molar-refractivity contribution in [2.75, 3.05) is 5.32 Å². The van der Waals surface area contributed by atoms with E-state index in [4.69, 9.17) is 16.3 Å². The number of nitrogens with zero attached hydrogens (tertiary/aromatic N) is 4. The molecule has 2 heterocycles. The zero-order valence-electron chi connectivity index (χ0n) is 16.3. The Morgan fingerprint density at radius 1 is 1.03 bits per heavy atom. The van der Waals surface area contributed by atoms with E-state index in [0.717, 1.165) is 5.56 Å². The van der Waals surface area contributed by atoms with E-state index in [1.165, 1.54) is 5.56 Å². The maximum absolute atomic E-state index is 12.5. The zero-order valence-corrected chi connectivity index (χ0v) is 17.1. The van der Waals surface area contributed by atoms with Crippen molar-refractivity contribution in [2.45, 2.75) is 20.2 Å². The largest absolute Gasteiger partial charge is 0.471 e. The van der Waals surface area contributed by atoms with E-state index < -0.39 is 0 Å². The van der Waals surface area contributed by atoms with E-state index in [0.29, 0.717) is 23.1 Å². The molecule has 7 nitrogen and oxygen atoms in total. The maximum Gasteiger partial charge on any atom is 0.277 e. The molecule has 0 aliphatic carbocycles. The minimum atomic E-state index is -0.332. The van der Waals surface area contributed by atoms with Crippen LogP contribution in [0, 0.1) is 6.92 Å². The molecule has 2 aromatic carbocycles. The lowest BCUT2D eigenvalue weighted by atomic mass is 10.1. The number of anilines is 1. The van der Waals surface area contributed by atoms with Gasteiger partial charge in [0, 0.05) is 23.5 Å². The van der Waals surface area contributed by atoms with Crippen LogP contribution in [0.1, 0.15) is 21.6 Å². The molecule has 30 heavy (non-hydrogen) atoms. The molecule has 0 unspecified atom stereocenters. The quantitative estimate of drug-likeness (QED) is 0.480. The first kappa shape index (κ1) is 19.7. The summed E-state index contributed by atoms with van der Waals surface area (Å²) in [5.74, 6) is 0.806. The van der Waals surface area contributed by atoms with Crippen molar-refractivity contribution < 1.29 is 9.53 Å². The van der Waals surface area contributed by atoms with Gasteiger partial charge in [0.1, 0.15) is 5.75 Å². The highest BCUT2D eigenvalue weighted by Crippen LogP contribution is 2.16. The molecule has 0 saturated heterocycles. The monoisotopic (exact) mass is 421 g/mol. The lowest BCUT2D eigenvalue weighted by Crippen LogP contribution is -2.15. The summed E-state index contributed by atoms with van der Waals surface area (Å²) in [5, 5.41) is 12.1. The van der Waals surface area contributed by atoms with Crippen molar-refractivity contribution in [3.05, 3.63) is 94.9 Å². The standard InChI is InChI=1S/C22H20ClN5O2/c1-16-3-2-4-17(13-16)14-27-12-10-21(26-27)24-22(29)20-9-11-28(25-20)15-30-19-7-5-18(23)6-8-19/h2-13H,14-15H2,1H3,(H,24,26,29). The van der Waals surface area contributed by atoms with E-state index >= 15 is 0 Å². The lowest BCUT2D eigenvalue weighted by molar-refractivity contribution is 0.101.